The first-order chi connectivity index (χ1) is 6.54. The first-order valence-corrected chi connectivity index (χ1v) is 5.07. The van der Waals surface area contributed by atoms with Crippen molar-refractivity contribution in [2.45, 2.75) is 40.5 Å². The molecule has 1 rings (SSSR count). The van der Waals surface area contributed by atoms with E-state index in [0.29, 0.717) is 11.5 Å². The van der Waals surface area contributed by atoms with Crippen molar-refractivity contribution < 1.29 is 10.2 Å². The first-order valence-electron chi connectivity index (χ1n) is 5.07. The summed E-state index contributed by atoms with van der Waals surface area (Å²) in [5, 5.41) is 19.8. The number of aromatic hydroxyl groups is 2. The summed E-state index contributed by atoms with van der Waals surface area (Å²) in [5.74, 6) is 0.694. The average Bonchev–Trinajstić information content (AvgIpc) is 2.17. The second-order valence-electron chi connectivity index (χ2n) is 3.61. The molecule has 0 aliphatic carbocycles. The monoisotopic (exact) mass is 194 g/mol. The van der Waals surface area contributed by atoms with E-state index in [2.05, 4.69) is 0 Å². The van der Waals surface area contributed by atoms with Crippen LogP contribution in [-0.2, 0) is 12.8 Å². The quantitative estimate of drug-likeness (QED) is 0.711. The molecule has 0 bridgehead atoms. The molecule has 0 saturated carbocycles. The highest BCUT2D eigenvalue weighted by atomic mass is 16.3. The highest BCUT2D eigenvalue weighted by Crippen LogP contribution is 2.37. The topological polar surface area (TPSA) is 40.5 Å². The van der Waals surface area contributed by atoms with E-state index in [4.69, 9.17) is 0 Å². The standard InChI is InChI=1S/C12H18O2/c1-5-9-7(3)12(14)10(6-2)8(4)11(9)13/h13-14H,5-6H2,1-4H3. The lowest BCUT2D eigenvalue weighted by Gasteiger charge is -2.15. The van der Waals surface area contributed by atoms with E-state index in [-0.39, 0.29) is 0 Å². The molecular formula is C12H18O2. The summed E-state index contributed by atoms with van der Waals surface area (Å²) in [6.07, 6.45) is 1.49. The third-order valence-electron chi connectivity index (χ3n) is 2.89. The van der Waals surface area contributed by atoms with Crippen LogP contribution in [0.15, 0.2) is 0 Å². The van der Waals surface area contributed by atoms with Gasteiger partial charge in [0.25, 0.3) is 0 Å². The lowest BCUT2D eigenvalue weighted by Crippen LogP contribution is -1.97. The molecule has 0 spiro atoms. The van der Waals surface area contributed by atoms with Gasteiger partial charge < -0.3 is 10.2 Å². The van der Waals surface area contributed by atoms with Crippen LogP contribution in [0.2, 0.25) is 0 Å². The summed E-state index contributed by atoms with van der Waals surface area (Å²) in [7, 11) is 0. The van der Waals surface area contributed by atoms with Gasteiger partial charge in [0.05, 0.1) is 0 Å². The normalized spacial score (nSPS) is 10.6. The molecular weight excluding hydrogens is 176 g/mol. The van der Waals surface area contributed by atoms with Crippen LogP contribution >= 0.6 is 0 Å². The van der Waals surface area contributed by atoms with Gasteiger partial charge in [-0.15, -0.1) is 0 Å². The van der Waals surface area contributed by atoms with Gasteiger partial charge in [-0.3, -0.25) is 0 Å². The maximum absolute atomic E-state index is 9.90. The van der Waals surface area contributed by atoms with E-state index in [1.54, 1.807) is 0 Å². The third kappa shape index (κ3) is 1.45. The van der Waals surface area contributed by atoms with Crippen LogP contribution in [-0.4, -0.2) is 10.2 Å². The predicted molar refractivity (Wildman–Crippen MR) is 58.0 cm³/mol. The summed E-state index contributed by atoms with van der Waals surface area (Å²) >= 11 is 0. The number of hydrogen-bond acceptors (Lipinski definition) is 2. The van der Waals surface area contributed by atoms with E-state index in [9.17, 15) is 10.2 Å². The summed E-state index contributed by atoms with van der Waals surface area (Å²) in [6, 6.07) is 0. The highest BCUT2D eigenvalue weighted by Gasteiger charge is 2.15. The molecule has 1 aromatic carbocycles. The Labute approximate surface area is 85.2 Å². The van der Waals surface area contributed by atoms with Crippen LogP contribution in [0.4, 0.5) is 0 Å². The molecule has 78 valence electrons. The van der Waals surface area contributed by atoms with E-state index in [1.807, 2.05) is 27.7 Å². The van der Waals surface area contributed by atoms with E-state index in [0.717, 1.165) is 35.1 Å². The van der Waals surface area contributed by atoms with Gasteiger partial charge in [-0.2, -0.15) is 0 Å². The van der Waals surface area contributed by atoms with Crippen molar-refractivity contribution in [3.8, 4) is 11.5 Å². The van der Waals surface area contributed by atoms with Crippen LogP contribution in [0, 0.1) is 13.8 Å². The molecule has 0 aromatic heterocycles. The van der Waals surface area contributed by atoms with Gasteiger partial charge in [0.1, 0.15) is 11.5 Å². The molecule has 2 heteroatoms. The number of phenolic OH excluding ortho intramolecular Hbond substituents is 2. The molecule has 0 heterocycles. The number of benzene rings is 1. The fraction of sp³-hybridized carbons (Fsp3) is 0.500. The van der Waals surface area contributed by atoms with Crippen LogP contribution in [0.5, 0.6) is 11.5 Å². The van der Waals surface area contributed by atoms with Gasteiger partial charge in [0.15, 0.2) is 0 Å². The summed E-state index contributed by atoms with van der Waals surface area (Å²) in [5.41, 5.74) is 3.34. The first kappa shape index (κ1) is 10.9. The van der Waals surface area contributed by atoms with Crippen LogP contribution < -0.4 is 0 Å². The molecule has 0 aliphatic rings. The molecule has 0 unspecified atom stereocenters. The highest BCUT2D eigenvalue weighted by molar-refractivity contribution is 5.57. The molecule has 2 N–H and O–H groups in total. The Kier molecular flexibility index (Phi) is 3.04. The summed E-state index contributed by atoms with van der Waals surface area (Å²) in [6.45, 7) is 7.66. The maximum atomic E-state index is 9.90. The minimum Gasteiger partial charge on any atom is -0.507 e. The molecule has 0 saturated heterocycles. The predicted octanol–water partition coefficient (Wildman–Crippen LogP) is 2.84. The zero-order chi connectivity index (χ0) is 10.9. The Morgan fingerprint density at radius 1 is 0.786 bits per heavy atom. The molecule has 0 aliphatic heterocycles. The number of rotatable bonds is 2. The van der Waals surface area contributed by atoms with Crippen LogP contribution in [0.3, 0.4) is 0 Å². The molecule has 1 aromatic rings. The zero-order valence-corrected chi connectivity index (χ0v) is 9.31. The smallest absolute Gasteiger partial charge is 0.122 e. The van der Waals surface area contributed by atoms with Crippen molar-refractivity contribution in [3.05, 3.63) is 22.3 Å². The van der Waals surface area contributed by atoms with Crippen LogP contribution in [0.1, 0.15) is 36.1 Å². The lowest BCUT2D eigenvalue weighted by molar-refractivity contribution is 0.442. The van der Waals surface area contributed by atoms with Crippen molar-refractivity contribution in [2.24, 2.45) is 0 Å². The van der Waals surface area contributed by atoms with Gasteiger partial charge >= 0.3 is 0 Å². The van der Waals surface area contributed by atoms with Gasteiger partial charge in [0, 0.05) is 11.1 Å². The SMILES string of the molecule is CCc1c(C)c(O)c(CC)c(C)c1O. The van der Waals surface area contributed by atoms with Crippen molar-refractivity contribution in [2.75, 3.05) is 0 Å². The average molecular weight is 194 g/mol. The fourth-order valence-corrected chi connectivity index (χ4v) is 1.96. The van der Waals surface area contributed by atoms with Gasteiger partial charge in [-0.25, -0.2) is 0 Å². The lowest BCUT2D eigenvalue weighted by atomic mass is 9.94. The Morgan fingerprint density at radius 2 is 1.07 bits per heavy atom. The van der Waals surface area contributed by atoms with Crippen molar-refractivity contribution in [1.29, 1.82) is 0 Å². The number of hydrogen-bond donors (Lipinski definition) is 2. The molecule has 14 heavy (non-hydrogen) atoms. The van der Waals surface area contributed by atoms with E-state index >= 15 is 0 Å². The second kappa shape index (κ2) is 3.91. The molecule has 0 atom stereocenters. The summed E-state index contributed by atoms with van der Waals surface area (Å²) < 4.78 is 0. The largest absolute Gasteiger partial charge is 0.507 e. The minimum absolute atomic E-state index is 0.347. The van der Waals surface area contributed by atoms with Gasteiger partial charge in [-0.05, 0) is 37.8 Å². The van der Waals surface area contributed by atoms with Crippen molar-refractivity contribution >= 4 is 0 Å². The van der Waals surface area contributed by atoms with Gasteiger partial charge in [-0.1, -0.05) is 13.8 Å². The maximum Gasteiger partial charge on any atom is 0.122 e. The van der Waals surface area contributed by atoms with E-state index in [1.165, 1.54) is 0 Å². The Hall–Kier alpha value is -1.18. The molecule has 0 amide bonds. The Bertz CT molecular complexity index is 290. The molecule has 0 radical (unpaired) electrons. The molecule has 0 fully saturated rings. The fourth-order valence-electron chi connectivity index (χ4n) is 1.96. The minimum atomic E-state index is 0.347. The van der Waals surface area contributed by atoms with Crippen molar-refractivity contribution in [3.63, 3.8) is 0 Å². The second-order valence-corrected chi connectivity index (χ2v) is 3.61. The van der Waals surface area contributed by atoms with E-state index < -0.39 is 0 Å². The zero-order valence-electron chi connectivity index (χ0n) is 9.31. The van der Waals surface area contributed by atoms with Crippen LogP contribution in [0.25, 0.3) is 0 Å². The molecule has 2 nitrogen and oxygen atoms in total. The third-order valence-corrected chi connectivity index (χ3v) is 2.89. The van der Waals surface area contributed by atoms with Crippen molar-refractivity contribution in [1.82, 2.24) is 0 Å². The number of phenols is 2. The Morgan fingerprint density at radius 3 is 1.29 bits per heavy atom. The summed E-state index contributed by atoms with van der Waals surface area (Å²) in [4.78, 5) is 0. The Balaban J connectivity index is 3.55. The van der Waals surface area contributed by atoms with Gasteiger partial charge in [0.2, 0.25) is 0 Å².